The Kier molecular flexibility index (Phi) is 4.23. The van der Waals surface area contributed by atoms with E-state index in [4.69, 9.17) is 0 Å². The van der Waals surface area contributed by atoms with Crippen molar-refractivity contribution >= 4 is 21.4 Å². The first-order chi connectivity index (χ1) is 10.5. The number of nitrogens with zero attached hydrogens (tertiary/aromatic N) is 2. The van der Waals surface area contributed by atoms with Crippen LogP contribution in [0.5, 0.6) is 0 Å². The van der Waals surface area contributed by atoms with Crippen molar-refractivity contribution in [2.45, 2.75) is 31.8 Å². The molecule has 2 atom stereocenters. The van der Waals surface area contributed by atoms with Gasteiger partial charge in [0.25, 0.3) is 0 Å². The summed E-state index contributed by atoms with van der Waals surface area (Å²) in [6.07, 6.45) is 2.03. The maximum atomic E-state index is 12.6. The Balaban J connectivity index is 1.92. The molecule has 0 aliphatic carbocycles. The number of amides is 1. The second-order valence-corrected chi connectivity index (χ2v) is 8.29. The normalized spacial score (nSPS) is 27.9. The first-order valence-electron chi connectivity index (χ1n) is 7.83. The first kappa shape index (κ1) is 15.5. The molecule has 2 fully saturated rings. The highest BCUT2D eigenvalue weighted by atomic mass is 32.2. The van der Waals surface area contributed by atoms with E-state index in [1.54, 1.807) is 4.90 Å². The van der Waals surface area contributed by atoms with Gasteiger partial charge in [-0.05, 0) is 25.1 Å². The molecule has 0 bridgehead atoms. The van der Waals surface area contributed by atoms with Gasteiger partial charge in [0.2, 0.25) is 5.91 Å². The van der Waals surface area contributed by atoms with Crippen molar-refractivity contribution in [3.63, 3.8) is 0 Å². The second kappa shape index (κ2) is 6.01. The third-order valence-electron chi connectivity index (χ3n) is 4.53. The van der Waals surface area contributed by atoms with Gasteiger partial charge in [0, 0.05) is 11.7 Å². The van der Waals surface area contributed by atoms with Crippen LogP contribution in [-0.4, -0.2) is 55.9 Å². The Labute approximate surface area is 131 Å². The van der Waals surface area contributed by atoms with Crippen molar-refractivity contribution < 1.29 is 13.2 Å². The smallest absolute Gasteiger partial charge is 0.241 e. The van der Waals surface area contributed by atoms with E-state index in [2.05, 4.69) is 11.8 Å². The molecular weight excluding hydrogens is 300 g/mol. The fourth-order valence-electron chi connectivity index (χ4n) is 3.49. The first-order valence-corrected chi connectivity index (χ1v) is 9.65. The molecule has 5 nitrogen and oxygen atoms in total. The highest BCUT2D eigenvalue weighted by molar-refractivity contribution is 7.91. The van der Waals surface area contributed by atoms with Crippen LogP contribution in [0.15, 0.2) is 30.3 Å². The van der Waals surface area contributed by atoms with Gasteiger partial charge in [-0.1, -0.05) is 31.5 Å². The molecule has 120 valence electrons. The summed E-state index contributed by atoms with van der Waals surface area (Å²) in [6, 6.07) is 9.08. The third kappa shape index (κ3) is 2.90. The third-order valence-corrected chi connectivity index (χ3v) is 6.23. The molecule has 6 heteroatoms. The van der Waals surface area contributed by atoms with Crippen molar-refractivity contribution in [3.05, 3.63) is 30.3 Å². The average Bonchev–Trinajstić information content (AvgIpc) is 2.80. The van der Waals surface area contributed by atoms with Gasteiger partial charge in [0.1, 0.15) is 0 Å². The summed E-state index contributed by atoms with van der Waals surface area (Å²) in [7, 11) is -3.09. The number of unbranched alkanes of at least 4 members (excludes halogenated alkanes) is 1. The van der Waals surface area contributed by atoms with E-state index in [9.17, 15) is 13.2 Å². The zero-order chi connectivity index (χ0) is 15.7. The SMILES string of the molecule is CCCCN1CC(=O)N(c2ccccc2)[C@@H]2CS(=O)(=O)C[C@@H]21. The van der Waals surface area contributed by atoms with Crippen LogP contribution in [0, 0.1) is 0 Å². The van der Waals surface area contributed by atoms with Gasteiger partial charge in [-0.25, -0.2) is 8.42 Å². The van der Waals surface area contributed by atoms with E-state index in [1.807, 2.05) is 30.3 Å². The number of para-hydroxylation sites is 1. The molecule has 2 heterocycles. The molecule has 2 aliphatic rings. The number of piperazine rings is 1. The number of carbonyl (C=O) groups is 1. The van der Waals surface area contributed by atoms with Gasteiger partial charge in [-0.2, -0.15) is 0 Å². The lowest BCUT2D eigenvalue weighted by Gasteiger charge is -2.43. The van der Waals surface area contributed by atoms with E-state index < -0.39 is 9.84 Å². The summed E-state index contributed by atoms with van der Waals surface area (Å²) in [5.74, 6) is 0.236. The Morgan fingerprint density at radius 1 is 1.14 bits per heavy atom. The van der Waals surface area contributed by atoms with Crippen molar-refractivity contribution in [1.82, 2.24) is 4.90 Å². The molecule has 0 spiro atoms. The summed E-state index contributed by atoms with van der Waals surface area (Å²) >= 11 is 0. The van der Waals surface area contributed by atoms with Crippen molar-refractivity contribution in [3.8, 4) is 0 Å². The van der Waals surface area contributed by atoms with E-state index in [0.29, 0.717) is 6.54 Å². The maximum absolute atomic E-state index is 12.6. The summed E-state index contributed by atoms with van der Waals surface area (Å²) in [4.78, 5) is 16.4. The standard InChI is InChI=1S/C16H22N2O3S/c1-2-3-9-17-10-16(19)18(13-7-5-4-6-8-13)15-12-22(20,21)11-14(15)17/h4-8,14-15H,2-3,9-12H2,1H3/t14-,15+/m0/s1. The fourth-order valence-corrected chi connectivity index (χ4v) is 5.47. The van der Waals surface area contributed by atoms with Gasteiger partial charge < -0.3 is 4.90 Å². The molecule has 2 saturated heterocycles. The number of hydrogen-bond donors (Lipinski definition) is 0. The van der Waals surface area contributed by atoms with Gasteiger partial charge in [0.05, 0.1) is 24.1 Å². The molecule has 1 aromatic rings. The number of benzene rings is 1. The van der Waals surface area contributed by atoms with Crippen LogP contribution in [0.1, 0.15) is 19.8 Å². The Morgan fingerprint density at radius 2 is 1.82 bits per heavy atom. The lowest BCUT2D eigenvalue weighted by molar-refractivity contribution is -0.123. The molecule has 0 N–H and O–H groups in total. The molecular formula is C16H22N2O3S. The van der Waals surface area contributed by atoms with Gasteiger partial charge >= 0.3 is 0 Å². The van der Waals surface area contributed by atoms with Crippen LogP contribution in [0.25, 0.3) is 0 Å². The minimum atomic E-state index is -3.09. The number of hydrogen-bond acceptors (Lipinski definition) is 4. The molecule has 2 aliphatic heterocycles. The molecule has 22 heavy (non-hydrogen) atoms. The quantitative estimate of drug-likeness (QED) is 0.838. The van der Waals surface area contributed by atoms with Gasteiger partial charge in [-0.15, -0.1) is 0 Å². The molecule has 1 amide bonds. The summed E-state index contributed by atoms with van der Waals surface area (Å²) in [5.41, 5.74) is 0.801. The predicted octanol–water partition coefficient (Wildman–Crippen LogP) is 1.30. The van der Waals surface area contributed by atoms with Crippen LogP contribution >= 0.6 is 0 Å². The van der Waals surface area contributed by atoms with Gasteiger partial charge in [-0.3, -0.25) is 9.69 Å². The maximum Gasteiger partial charge on any atom is 0.241 e. The Hall–Kier alpha value is -1.40. The Bertz CT molecular complexity index is 645. The summed E-state index contributed by atoms with van der Waals surface area (Å²) < 4.78 is 24.3. The van der Waals surface area contributed by atoms with Crippen LogP contribution < -0.4 is 4.90 Å². The topological polar surface area (TPSA) is 57.7 Å². The number of anilines is 1. The van der Waals surface area contributed by atoms with Crippen LogP contribution in [0.2, 0.25) is 0 Å². The molecule has 0 saturated carbocycles. The lowest BCUT2D eigenvalue weighted by Crippen LogP contribution is -2.62. The molecule has 0 unspecified atom stereocenters. The predicted molar refractivity (Wildman–Crippen MR) is 86.6 cm³/mol. The largest absolute Gasteiger partial charge is 0.306 e. The van der Waals surface area contributed by atoms with Gasteiger partial charge in [0.15, 0.2) is 9.84 Å². The minimum absolute atomic E-state index is 0.000605. The molecule has 0 aromatic heterocycles. The number of carbonyl (C=O) groups excluding carboxylic acids is 1. The van der Waals surface area contributed by atoms with Crippen molar-refractivity contribution in [2.24, 2.45) is 0 Å². The highest BCUT2D eigenvalue weighted by Gasteiger charge is 2.49. The minimum Gasteiger partial charge on any atom is -0.306 e. The van der Waals surface area contributed by atoms with E-state index >= 15 is 0 Å². The summed E-state index contributed by atoms with van der Waals surface area (Å²) in [6.45, 7) is 3.21. The van der Waals surface area contributed by atoms with Crippen LogP contribution in [-0.2, 0) is 14.6 Å². The summed E-state index contributed by atoms with van der Waals surface area (Å²) in [5, 5.41) is 0. The Morgan fingerprint density at radius 3 is 2.50 bits per heavy atom. The van der Waals surface area contributed by atoms with E-state index in [1.165, 1.54) is 0 Å². The lowest BCUT2D eigenvalue weighted by atomic mass is 10.0. The molecule has 3 rings (SSSR count). The van der Waals surface area contributed by atoms with Crippen molar-refractivity contribution in [2.75, 3.05) is 29.5 Å². The zero-order valence-electron chi connectivity index (χ0n) is 12.8. The molecule has 1 aromatic carbocycles. The van der Waals surface area contributed by atoms with E-state index in [0.717, 1.165) is 25.1 Å². The monoisotopic (exact) mass is 322 g/mol. The zero-order valence-corrected chi connectivity index (χ0v) is 13.6. The fraction of sp³-hybridized carbons (Fsp3) is 0.562. The average molecular weight is 322 g/mol. The number of sulfone groups is 1. The van der Waals surface area contributed by atoms with Crippen molar-refractivity contribution in [1.29, 1.82) is 0 Å². The van der Waals surface area contributed by atoms with Crippen LogP contribution in [0.3, 0.4) is 0 Å². The second-order valence-electron chi connectivity index (χ2n) is 6.13. The number of fused-ring (bicyclic) bond motifs is 1. The van der Waals surface area contributed by atoms with Crippen LogP contribution in [0.4, 0.5) is 5.69 Å². The molecule has 0 radical (unpaired) electrons. The van der Waals surface area contributed by atoms with E-state index in [-0.39, 0.29) is 29.5 Å². The highest BCUT2D eigenvalue weighted by Crippen LogP contribution is 2.31. The number of rotatable bonds is 4.